The first kappa shape index (κ1) is 19.3. The first-order chi connectivity index (χ1) is 12.6. The lowest BCUT2D eigenvalue weighted by Crippen LogP contribution is -2.34. The topological polar surface area (TPSA) is 82.8 Å². The predicted molar refractivity (Wildman–Crippen MR) is 108 cm³/mol. The number of halogens is 1. The van der Waals surface area contributed by atoms with Crippen LogP contribution in [0.1, 0.15) is 54.3 Å². The summed E-state index contributed by atoms with van der Waals surface area (Å²) in [5.41, 5.74) is 10.1. The molecule has 0 saturated heterocycles. The van der Waals surface area contributed by atoms with E-state index in [2.05, 4.69) is 22.2 Å². The van der Waals surface area contributed by atoms with E-state index in [1.807, 2.05) is 54.1 Å². The zero-order valence-corrected chi connectivity index (χ0v) is 16.4. The van der Waals surface area contributed by atoms with Gasteiger partial charge in [-0.25, -0.2) is 4.68 Å². The van der Waals surface area contributed by atoms with Crippen LogP contribution in [0.15, 0.2) is 34.9 Å². The van der Waals surface area contributed by atoms with Crippen LogP contribution in [0.3, 0.4) is 0 Å². The fourth-order valence-electron chi connectivity index (χ4n) is 3.61. The van der Waals surface area contributed by atoms with E-state index in [0.717, 1.165) is 48.3 Å². The zero-order valence-electron chi connectivity index (χ0n) is 15.6. The summed E-state index contributed by atoms with van der Waals surface area (Å²) in [5.74, 6) is 1.09. The summed E-state index contributed by atoms with van der Waals surface area (Å²) >= 11 is 0. The highest BCUT2D eigenvalue weighted by molar-refractivity contribution is 5.85. The quantitative estimate of drug-likeness (QED) is 0.727. The van der Waals surface area contributed by atoms with E-state index < -0.39 is 5.54 Å². The molecular weight excluding hydrogens is 362 g/mol. The molecule has 6 nitrogen and oxygen atoms in total. The predicted octanol–water partition coefficient (Wildman–Crippen LogP) is 4.19. The standard InChI is InChI=1S/C20H23N5O.ClH/c1-14-17(15(2)25(23-14)16-8-4-3-5-9-16)10-11-18-22-19(24-26-18)20(21)12-6-7-13-20;/h3-5,8-11H,6-7,12-13,21H2,1-2H3;1H/b11-10+;. The molecule has 1 fully saturated rings. The Labute approximate surface area is 164 Å². The molecule has 1 aliphatic rings. The normalized spacial score (nSPS) is 16.0. The molecule has 142 valence electrons. The van der Waals surface area contributed by atoms with Crippen molar-refractivity contribution in [3.8, 4) is 5.69 Å². The van der Waals surface area contributed by atoms with Crippen molar-refractivity contribution in [1.29, 1.82) is 0 Å². The van der Waals surface area contributed by atoms with Crippen molar-refractivity contribution < 1.29 is 4.52 Å². The first-order valence-corrected chi connectivity index (χ1v) is 9.00. The molecule has 1 saturated carbocycles. The van der Waals surface area contributed by atoms with Crippen molar-refractivity contribution in [2.45, 2.75) is 45.1 Å². The molecule has 27 heavy (non-hydrogen) atoms. The fourth-order valence-corrected chi connectivity index (χ4v) is 3.61. The Morgan fingerprint density at radius 1 is 1.11 bits per heavy atom. The van der Waals surface area contributed by atoms with E-state index in [1.54, 1.807) is 0 Å². The second kappa shape index (κ2) is 7.66. The molecule has 2 aromatic heterocycles. The summed E-state index contributed by atoms with van der Waals surface area (Å²) < 4.78 is 7.33. The Hall–Kier alpha value is -2.44. The van der Waals surface area contributed by atoms with E-state index in [0.29, 0.717) is 11.7 Å². The van der Waals surface area contributed by atoms with Crippen molar-refractivity contribution in [3.05, 3.63) is 59.0 Å². The van der Waals surface area contributed by atoms with Crippen LogP contribution in [-0.4, -0.2) is 19.9 Å². The van der Waals surface area contributed by atoms with Crippen molar-refractivity contribution in [2.24, 2.45) is 5.73 Å². The molecular formula is C20H24ClN5O. The third-order valence-electron chi connectivity index (χ3n) is 5.12. The lowest BCUT2D eigenvalue weighted by molar-refractivity contribution is 0.364. The lowest BCUT2D eigenvalue weighted by Gasteiger charge is -2.17. The largest absolute Gasteiger partial charge is 0.335 e. The maximum absolute atomic E-state index is 6.39. The number of para-hydroxylation sites is 1. The van der Waals surface area contributed by atoms with Crippen LogP contribution in [0, 0.1) is 13.8 Å². The molecule has 0 bridgehead atoms. The van der Waals surface area contributed by atoms with Gasteiger partial charge < -0.3 is 10.3 Å². The van der Waals surface area contributed by atoms with Crippen LogP contribution in [-0.2, 0) is 5.54 Å². The molecule has 2 N–H and O–H groups in total. The van der Waals surface area contributed by atoms with Gasteiger partial charge in [0.05, 0.1) is 16.9 Å². The van der Waals surface area contributed by atoms with E-state index >= 15 is 0 Å². The summed E-state index contributed by atoms with van der Waals surface area (Å²) in [6, 6.07) is 10.1. The average Bonchev–Trinajstić information content (AvgIpc) is 3.35. The Bertz CT molecular complexity index is 939. The number of benzene rings is 1. The molecule has 1 aromatic carbocycles. The van der Waals surface area contributed by atoms with Crippen molar-refractivity contribution in [3.63, 3.8) is 0 Å². The van der Waals surface area contributed by atoms with Crippen molar-refractivity contribution in [2.75, 3.05) is 0 Å². The molecule has 0 radical (unpaired) electrons. The van der Waals surface area contributed by atoms with Crippen LogP contribution in [0.4, 0.5) is 0 Å². The number of hydrogen-bond donors (Lipinski definition) is 1. The molecule has 2 heterocycles. The summed E-state index contributed by atoms with van der Waals surface area (Å²) in [6.45, 7) is 4.05. The Kier molecular flexibility index (Phi) is 5.48. The van der Waals surface area contributed by atoms with E-state index in [1.165, 1.54) is 0 Å². The number of rotatable bonds is 4. The second-order valence-corrected chi connectivity index (χ2v) is 6.98. The van der Waals surface area contributed by atoms with Gasteiger partial charge in [0.1, 0.15) is 0 Å². The highest BCUT2D eigenvalue weighted by atomic mass is 35.5. The minimum absolute atomic E-state index is 0. The van der Waals surface area contributed by atoms with E-state index in [-0.39, 0.29) is 12.4 Å². The molecule has 1 aliphatic carbocycles. The van der Waals surface area contributed by atoms with E-state index in [9.17, 15) is 0 Å². The fraction of sp³-hybridized carbons (Fsp3) is 0.350. The maximum Gasteiger partial charge on any atom is 0.250 e. The summed E-state index contributed by atoms with van der Waals surface area (Å²) in [7, 11) is 0. The Morgan fingerprint density at radius 2 is 1.81 bits per heavy atom. The SMILES string of the molecule is Cc1nn(-c2ccccc2)c(C)c1/C=C/c1nc(C2(N)CCCC2)no1.Cl. The molecule has 0 atom stereocenters. The highest BCUT2D eigenvalue weighted by Crippen LogP contribution is 2.34. The van der Waals surface area contributed by atoms with Crippen molar-refractivity contribution in [1.82, 2.24) is 19.9 Å². The maximum atomic E-state index is 6.39. The number of nitrogens with two attached hydrogens (primary N) is 1. The number of aryl methyl sites for hydroxylation is 1. The number of aromatic nitrogens is 4. The highest BCUT2D eigenvalue weighted by Gasteiger charge is 2.35. The Balaban J connectivity index is 0.00000210. The average molecular weight is 386 g/mol. The molecule has 0 spiro atoms. The minimum atomic E-state index is -0.431. The van der Waals surface area contributed by atoms with Crippen LogP contribution >= 0.6 is 12.4 Å². The van der Waals surface area contributed by atoms with Gasteiger partial charge in [-0.15, -0.1) is 12.4 Å². The molecule has 3 aromatic rings. The van der Waals surface area contributed by atoms with Gasteiger partial charge in [-0.3, -0.25) is 0 Å². The van der Waals surface area contributed by atoms with Gasteiger partial charge >= 0.3 is 0 Å². The first-order valence-electron chi connectivity index (χ1n) is 9.00. The van der Waals surface area contributed by atoms with Crippen LogP contribution in [0.2, 0.25) is 0 Å². The third kappa shape index (κ3) is 3.68. The van der Waals surface area contributed by atoms with Gasteiger partial charge in [0.15, 0.2) is 5.82 Å². The zero-order chi connectivity index (χ0) is 18.1. The summed E-state index contributed by atoms with van der Waals surface area (Å²) in [4.78, 5) is 4.49. The van der Waals surface area contributed by atoms with Gasteiger partial charge in [-0.1, -0.05) is 36.2 Å². The molecule has 0 unspecified atom stereocenters. The summed E-state index contributed by atoms with van der Waals surface area (Å²) in [6.07, 6.45) is 7.88. The number of hydrogen-bond acceptors (Lipinski definition) is 5. The van der Waals surface area contributed by atoms with Gasteiger partial charge in [0, 0.05) is 17.3 Å². The molecule has 0 amide bonds. The second-order valence-electron chi connectivity index (χ2n) is 6.98. The van der Waals surface area contributed by atoms with Gasteiger partial charge in [0.25, 0.3) is 5.89 Å². The molecule has 7 heteroatoms. The lowest BCUT2D eigenvalue weighted by atomic mass is 9.99. The summed E-state index contributed by atoms with van der Waals surface area (Å²) in [5, 5.41) is 8.75. The minimum Gasteiger partial charge on any atom is -0.335 e. The van der Waals surface area contributed by atoms with Gasteiger partial charge in [-0.05, 0) is 44.9 Å². The van der Waals surface area contributed by atoms with Gasteiger partial charge in [0.2, 0.25) is 0 Å². The van der Waals surface area contributed by atoms with Crippen molar-refractivity contribution >= 4 is 24.6 Å². The van der Waals surface area contributed by atoms with Crippen LogP contribution in [0.25, 0.3) is 17.8 Å². The number of nitrogens with zero attached hydrogens (tertiary/aromatic N) is 4. The molecule has 4 rings (SSSR count). The smallest absolute Gasteiger partial charge is 0.250 e. The van der Waals surface area contributed by atoms with E-state index in [4.69, 9.17) is 10.3 Å². The van der Waals surface area contributed by atoms with Crippen LogP contribution in [0.5, 0.6) is 0 Å². The Morgan fingerprint density at radius 3 is 2.52 bits per heavy atom. The van der Waals surface area contributed by atoms with Crippen LogP contribution < -0.4 is 5.73 Å². The monoisotopic (exact) mass is 385 g/mol. The molecule has 0 aliphatic heterocycles. The third-order valence-corrected chi connectivity index (χ3v) is 5.12. The van der Waals surface area contributed by atoms with Gasteiger partial charge in [-0.2, -0.15) is 10.1 Å².